The number of hydrogen-bond donors (Lipinski definition) is 0. The smallest absolute Gasteiger partial charge is 0.151 e. The van der Waals surface area contributed by atoms with Crippen LogP contribution in [0.2, 0.25) is 0 Å². The van der Waals surface area contributed by atoms with Gasteiger partial charge in [0, 0.05) is 45.6 Å². The van der Waals surface area contributed by atoms with Crippen LogP contribution in [0.25, 0.3) is 0 Å². The van der Waals surface area contributed by atoms with Gasteiger partial charge in [0.05, 0.1) is 17.4 Å². The molecule has 136 valence electrons. The maximum absolute atomic E-state index is 4.47. The minimum Gasteiger partial charge on any atom is -0.352 e. The molecule has 7 nitrogen and oxygen atoms in total. The molecule has 0 atom stereocenters. The zero-order chi connectivity index (χ0) is 17.7. The first-order valence-electron chi connectivity index (χ1n) is 9.53. The predicted octanol–water partition coefficient (Wildman–Crippen LogP) is 1.46. The molecule has 0 bridgehead atoms. The van der Waals surface area contributed by atoms with E-state index >= 15 is 0 Å². The first-order chi connectivity index (χ1) is 12.7. The summed E-state index contributed by atoms with van der Waals surface area (Å²) in [4.78, 5) is 6.87. The Morgan fingerprint density at radius 2 is 1.92 bits per heavy atom. The van der Waals surface area contributed by atoms with Crippen molar-refractivity contribution in [2.24, 2.45) is 0 Å². The topological polar surface area (TPSA) is 61.3 Å². The highest BCUT2D eigenvalue weighted by Crippen LogP contribution is 2.39. The first kappa shape index (κ1) is 15.9. The van der Waals surface area contributed by atoms with Gasteiger partial charge in [-0.15, -0.1) is 10.2 Å². The van der Waals surface area contributed by atoms with E-state index in [1.54, 1.807) is 0 Å². The van der Waals surface area contributed by atoms with Crippen LogP contribution in [0.15, 0.2) is 18.2 Å². The maximum atomic E-state index is 4.47. The normalized spacial score (nSPS) is 20.6. The van der Waals surface area contributed by atoms with Crippen LogP contribution in [0.4, 0.5) is 11.6 Å². The summed E-state index contributed by atoms with van der Waals surface area (Å²) in [7, 11) is 4.28. The third-order valence-corrected chi connectivity index (χ3v) is 5.88. The Balaban J connectivity index is 1.23. The number of aromatic nitrogens is 4. The number of hydrogen-bond acceptors (Lipinski definition) is 7. The second-order valence-corrected chi connectivity index (χ2v) is 7.92. The molecular formula is C19H25N7. The molecule has 26 heavy (non-hydrogen) atoms. The lowest BCUT2D eigenvalue weighted by molar-refractivity contribution is 0.308. The van der Waals surface area contributed by atoms with E-state index < -0.39 is 0 Å². The average Bonchev–Trinajstić information content (AvgIpc) is 3.45. The van der Waals surface area contributed by atoms with Crippen LogP contribution in [0.5, 0.6) is 0 Å². The Morgan fingerprint density at radius 1 is 1.08 bits per heavy atom. The van der Waals surface area contributed by atoms with E-state index in [0.717, 1.165) is 55.6 Å². The van der Waals surface area contributed by atoms with Gasteiger partial charge < -0.3 is 14.7 Å². The molecule has 0 spiro atoms. The minimum atomic E-state index is 0.438. The standard InChI is InChI=1S/C19H25N7/c1-24-8-7-17-14(10-24)9-19(23-21-17)25(2)15-11-26(12-15)18-6-5-16(20-22-18)13-3-4-13/h5-6,9,13,15H,3-4,7-8,10-12H2,1-2H3. The van der Waals surface area contributed by atoms with Crippen molar-refractivity contribution in [2.45, 2.75) is 37.8 Å². The van der Waals surface area contributed by atoms with Crippen LogP contribution in [0.3, 0.4) is 0 Å². The van der Waals surface area contributed by atoms with Crippen molar-refractivity contribution in [1.82, 2.24) is 25.3 Å². The fraction of sp³-hybridized carbons (Fsp3) is 0.579. The van der Waals surface area contributed by atoms with Gasteiger partial charge in [-0.1, -0.05) is 0 Å². The first-order valence-corrected chi connectivity index (χ1v) is 9.53. The summed E-state index contributed by atoms with van der Waals surface area (Å²) in [6, 6.07) is 6.91. The van der Waals surface area contributed by atoms with Gasteiger partial charge >= 0.3 is 0 Å². The molecule has 0 aromatic carbocycles. The second-order valence-electron chi connectivity index (χ2n) is 7.92. The minimum absolute atomic E-state index is 0.438. The van der Waals surface area contributed by atoms with Crippen LogP contribution in [-0.4, -0.2) is 65.1 Å². The monoisotopic (exact) mass is 351 g/mol. The van der Waals surface area contributed by atoms with E-state index in [0.29, 0.717) is 12.0 Å². The summed E-state index contributed by atoms with van der Waals surface area (Å²) in [5, 5.41) is 17.8. The van der Waals surface area contributed by atoms with Gasteiger partial charge in [0.1, 0.15) is 0 Å². The van der Waals surface area contributed by atoms with E-state index in [1.807, 2.05) is 0 Å². The molecule has 2 fully saturated rings. The Hall–Kier alpha value is -2.28. The van der Waals surface area contributed by atoms with Crippen LogP contribution in [-0.2, 0) is 13.0 Å². The maximum Gasteiger partial charge on any atom is 0.151 e. The quantitative estimate of drug-likeness (QED) is 0.826. The lowest BCUT2D eigenvalue weighted by Crippen LogP contribution is -2.59. The number of nitrogens with zero attached hydrogens (tertiary/aromatic N) is 7. The van der Waals surface area contributed by atoms with Crippen molar-refractivity contribution >= 4 is 11.6 Å². The molecule has 1 saturated heterocycles. The summed E-state index contributed by atoms with van der Waals surface area (Å²) in [5.41, 5.74) is 3.62. The molecule has 0 radical (unpaired) electrons. The fourth-order valence-corrected chi connectivity index (χ4v) is 3.81. The summed E-state index contributed by atoms with van der Waals surface area (Å²) in [6.45, 7) is 3.93. The van der Waals surface area contributed by atoms with E-state index in [9.17, 15) is 0 Å². The van der Waals surface area contributed by atoms with Gasteiger partial charge in [0.15, 0.2) is 11.6 Å². The molecule has 3 aliphatic rings. The lowest BCUT2D eigenvalue weighted by atomic mass is 10.1. The molecule has 4 heterocycles. The number of fused-ring (bicyclic) bond motifs is 1. The molecule has 0 unspecified atom stereocenters. The zero-order valence-electron chi connectivity index (χ0n) is 15.5. The van der Waals surface area contributed by atoms with E-state index in [4.69, 9.17) is 0 Å². The molecule has 2 aromatic rings. The highest BCUT2D eigenvalue weighted by molar-refractivity contribution is 5.49. The summed E-state index contributed by atoms with van der Waals surface area (Å²) in [5.74, 6) is 2.62. The van der Waals surface area contributed by atoms with Gasteiger partial charge in [-0.2, -0.15) is 10.2 Å². The molecule has 7 heteroatoms. The van der Waals surface area contributed by atoms with Gasteiger partial charge in [0.2, 0.25) is 0 Å². The van der Waals surface area contributed by atoms with Crippen molar-refractivity contribution in [3.05, 3.63) is 35.2 Å². The third-order valence-electron chi connectivity index (χ3n) is 5.88. The molecule has 1 aliphatic carbocycles. The SMILES string of the molecule is CN1CCc2nnc(N(C)C3CN(c4ccc(C5CC5)nn4)C3)cc2C1. The predicted molar refractivity (Wildman–Crippen MR) is 100 cm³/mol. The Labute approximate surface area is 154 Å². The van der Waals surface area contributed by atoms with Gasteiger partial charge in [-0.25, -0.2) is 0 Å². The Bertz CT molecular complexity index is 796. The third kappa shape index (κ3) is 2.90. The molecule has 0 amide bonds. The molecule has 2 aliphatic heterocycles. The Kier molecular flexibility index (Phi) is 3.77. The fourth-order valence-electron chi connectivity index (χ4n) is 3.81. The molecule has 1 saturated carbocycles. The van der Waals surface area contributed by atoms with Gasteiger partial charge in [-0.3, -0.25) is 0 Å². The van der Waals surface area contributed by atoms with Crippen molar-refractivity contribution in [2.75, 3.05) is 43.5 Å². The number of likely N-dealkylation sites (N-methyl/N-ethyl adjacent to an activating group) is 2. The summed E-state index contributed by atoms with van der Waals surface area (Å²) in [6.07, 6.45) is 3.53. The van der Waals surface area contributed by atoms with Crippen LogP contribution in [0, 0.1) is 0 Å². The van der Waals surface area contributed by atoms with Crippen molar-refractivity contribution in [3.63, 3.8) is 0 Å². The van der Waals surface area contributed by atoms with Crippen molar-refractivity contribution in [1.29, 1.82) is 0 Å². The van der Waals surface area contributed by atoms with Crippen molar-refractivity contribution < 1.29 is 0 Å². The molecular weight excluding hydrogens is 326 g/mol. The molecule has 0 N–H and O–H groups in total. The molecule has 5 rings (SSSR count). The summed E-state index contributed by atoms with van der Waals surface area (Å²) < 4.78 is 0. The van der Waals surface area contributed by atoms with Crippen LogP contribution < -0.4 is 9.80 Å². The highest BCUT2D eigenvalue weighted by atomic mass is 15.4. The summed E-state index contributed by atoms with van der Waals surface area (Å²) >= 11 is 0. The van der Waals surface area contributed by atoms with Gasteiger partial charge in [0.25, 0.3) is 0 Å². The van der Waals surface area contributed by atoms with E-state index in [-0.39, 0.29) is 0 Å². The van der Waals surface area contributed by atoms with E-state index in [2.05, 4.69) is 67.4 Å². The van der Waals surface area contributed by atoms with Gasteiger partial charge in [-0.05, 0) is 43.7 Å². The number of rotatable bonds is 4. The van der Waals surface area contributed by atoms with E-state index in [1.165, 1.54) is 18.4 Å². The average molecular weight is 351 g/mol. The zero-order valence-corrected chi connectivity index (χ0v) is 15.5. The highest BCUT2D eigenvalue weighted by Gasteiger charge is 2.33. The van der Waals surface area contributed by atoms with Crippen LogP contribution in [0.1, 0.15) is 35.7 Å². The second kappa shape index (κ2) is 6.16. The largest absolute Gasteiger partial charge is 0.352 e. The molecule has 2 aromatic heterocycles. The number of anilines is 2. The Morgan fingerprint density at radius 3 is 2.65 bits per heavy atom. The van der Waals surface area contributed by atoms with Crippen molar-refractivity contribution in [3.8, 4) is 0 Å². The lowest BCUT2D eigenvalue weighted by Gasteiger charge is -2.44. The van der Waals surface area contributed by atoms with Crippen LogP contribution >= 0.6 is 0 Å².